The number of aryl methyl sites for hydroxylation is 2. The zero-order valence-corrected chi connectivity index (χ0v) is 17.5. The van der Waals surface area contributed by atoms with Crippen LogP contribution in [0.25, 0.3) is 22.2 Å². The number of carbonyl (C=O) groups is 1. The highest BCUT2D eigenvalue weighted by Crippen LogP contribution is 2.30. The number of benzene rings is 3. The molecule has 0 unspecified atom stereocenters. The average Bonchev–Trinajstić information content (AvgIpc) is 2.70. The third-order valence-electron chi connectivity index (χ3n) is 4.74. The lowest BCUT2D eigenvalue weighted by molar-refractivity contribution is 0.102. The number of carbonyl (C=O) groups excluding carboxylic acids is 1. The molecule has 4 aromatic rings. The van der Waals surface area contributed by atoms with Crippen molar-refractivity contribution in [2.45, 2.75) is 13.8 Å². The van der Waals surface area contributed by atoms with Gasteiger partial charge in [-0.25, -0.2) is 4.98 Å². The van der Waals surface area contributed by atoms with E-state index in [4.69, 9.17) is 28.2 Å². The largest absolute Gasteiger partial charge is 0.321 e. The van der Waals surface area contributed by atoms with Crippen LogP contribution >= 0.6 is 23.2 Å². The lowest BCUT2D eigenvalue weighted by atomic mass is 9.99. The fraction of sp³-hybridized carbons (Fsp3) is 0.0833. The minimum atomic E-state index is -0.260. The van der Waals surface area contributed by atoms with Gasteiger partial charge in [-0.3, -0.25) is 4.79 Å². The predicted molar refractivity (Wildman–Crippen MR) is 121 cm³/mol. The monoisotopic (exact) mass is 420 g/mol. The highest BCUT2D eigenvalue weighted by Gasteiger charge is 2.17. The summed E-state index contributed by atoms with van der Waals surface area (Å²) in [6.45, 7) is 4.01. The smallest absolute Gasteiger partial charge is 0.256 e. The van der Waals surface area contributed by atoms with Crippen molar-refractivity contribution in [3.8, 4) is 11.3 Å². The molecule has 0 saturated heterocycles. The molecule has 5 heteroatoms. The summed E-state index contributed by atoms with van der Waals surface area (Å²) in [6.07, 6.45) is 0. The highest BCUT2D eigenvalue weighted by atomic mass is 35.5. The van der Waals surface area contributed by atoms with Gasteiger partial charge in [0.05, 0.1) is 27.5 Å². The Labute approximate surface area is 179 Å². The van der Waals surface area contributed by atoms with Crippen LogP contribution in [0.5, 0.6) is 0 Å². The molecule has 1 amide bonds. The Morgan fingerprint density at radius 2 is 1.69 bits per heavy atom. The molecule has 3 aromatic carbocycles. The molecule has 0 aliphatic rings. The Balaban J connectivity index is 1.89. The summed E-state index contributed by atoms with van der Waals surface area (Å²) < 4.78 is 0. The number of nitrogens with zero attached hydrogens (tertiary/aromatic N) is 1. The van der Waals surface area contributed by atoms with Crippen molar-refractivity contribution in [3.05, 3.63) is 93.5 Å². The Morgan fingerprint density at radius 3 is 2.45 bits per heavy atom. The van der Waals surface area contributed by atoms with Crippen LogP contribution in [0.15, 0.2) is 66.7 Å². The van der Waals surface area contributed by atoms with Crippen LogP contribution in [0.1, 0.15) is 21.5 Å². The van der Waals surface area contributed by atoms with E-state index in [9.17, 15) is 4.79 Å². The number of halogens is 2. The number of amides is 1. The van der Waals surface area contributed by atoms with Crippen molar-refractivity contribution >= 4 is 45.7 Å². The van der Waals surface area contributed by atoms with Crippen LogP contribution in [0.3, 0.4) is 0 Å². The van der Waals surface area contributed by atoms with Crippen LogP contribution in [0.2, 0.25) is 10.0 Å². The lowest BCUT2D eigenvalue weighted by Crippen LogP contribution is -2.14. The second-order valence-electron chi connectivity index (χ2n) is 6.98. The molecule has 1 N–H and O–H groups in total. The first-order valence-corrected chi connectivity index (χ1v) is 9.92. The number of anilines is 1. The van der Waals surface area contributed by atoms with Crippen LogP contribution in [-0.2, 0) is 0 Å². The van der Waals surface area contributed by atoms with E-state index in [1.54, 1.807) is 18.2 Å². The first-order chi connectivity index (χ1) is 13.9. The van der Waals surface area contributed by atoms with Crippen LogP contribution in [0.4, 0.5) is 5.69 Å². The van der Waals surface area contributed by atoms with Gasteiger partial charge in [-0.15, -0.1) is 0 Å². The zero-order chi connectivity index (χ0) is 20.5. The maximum Gasteiger partial charge on any atom is 0.256 e. The van der Waals surface area contributed by atoms with Gasteiger partial charge < -0.3 is 5.32 Å². The molecule has 4 rings (SSSR count). The predicted octanol–water partition coefficient (Wildman–Crippen LogP) is 7.08. The summed E-state index contributed by atoms with van der Waals surface area (Å²) in [5.74, 6) is -0.260. The SMILES string of the molecule is Cc1cc(C)c2nc(-c3ccccc3)cc(C(=O)Nc3cc(Cl)ccc3Cl)c2c1. The molecule has 3 nitrogen and oxygen atoms in total. The van der Waals surface area contributed by atoms with Crippen molar-refractivity contribution in [2.24, 2.45) is 0 Å². The maximum absolute atomic E-state index is 13.3. The van der Waals surface area contributed by atoms with E-state index in [0.717, 1.165) is 33.3 Å². The normalized spacial score (nSPS) is 10.9. The molecule has 29 heavy (non-hydrogen) atoms. The molecule has 144 valence electrons. The van der Waals surface area contributed by atoms with E-state index in [1.165, 1.54) is 0 Å². The summed E-state index contributed by atoms with van der Waals surface area (Å²) in [7, 11) is 0. The molecule has 1 aromatic heterocycles. The lowest BCUT2D eigenvalue weighted by Gasteiger charge is -2.14. The number of nitrogens with one attached hydrogen (secondary N) is 1. The van der Waals surface area contributed by atoms with Crippen molar-refractivity contribution in [2.75, 3.05) is 5.32 Å². The summed E-state index contributed by atoms with van der Waals surface area (Å²) >= 11 is 12.3. The summed E-state index contributed by atoms with van der Waals surface area (Å²) in [5, 5.41) is 4.63. The molecular weight excluding hydrogens is 403 g/mol. The molecule has 0 aliphatic carbocycles. The fourth-order valence-corrected chi connectivity index (χ4v) is 3.75. The van der Waals surface area contributed by atoms with Crippen molar-refractivity contribution in [1.82, 2.24) is 4.98 Å². The third kappa shape index (κ3) is 3.98. The number of hydrogen-bond donors (Lipinski definition) is 1. The van der Waals surface area contributed by atoms with Crippen LogP contribution in [-0.4, -0.2) is 10.9 Å². The minimum absolute atomic E-state index is 0.260. The van der Waals surface area contributed by atoms with E-state index in [-0.39, 0.29) is 5.91 Å². The van der Waals surface area contributed by atoms with Gasteiger partial charge in [0, 0.05) is 16.0 Å². The van der Waals surface area contributed by atoms with Crippen molar-refractivity contribution in [1.29, 1.82) is 0 Å². The van der Waals surface area contributed by atoms with Gasteiger partial charge in [-0.05, 0) is 49.7 Å². The van der Waals surface area contributed by atoms with Gasteiger partial charge in [-0.2, -0.15) is 0 Å². The highest BCUT2D eigenvalue weighted by molar-refractivity contribution is 6.36. The molecule has 0 bridgehead atoms. The van der Waals surface area contributed by atoms with Gasteiger partial charge >= 0.3 is 0 Å². The standard InChI is InChI=1S/C24H18Cl2N2O/c1-14-10-15(2)23-18(11-14)19(13-21(27-23)16-6-4-3-5-7-16)24(29)28-22-12-17(25)8-9-20(22)26/h3-13H,1-2H3,(H,28,29). The van der Waals surface area contributed by atoms with Gasteiger partial charge in [0.2, 0.25) is 0 Å². The molecule has 0 aliphatic heterocycles. The molecule has 0 radical (unpaired) electrons. The number of pyridine rings is 1. The molecule has 0 atom stereocenters. The van der Waals surface area contributed by atoms with E-state index >= 15 is 0 Å². The van der Waals surface area contributed by atoms with E-state index in [2.05, 4.69) is 11.4 Å². The molecular formula is C24H18Cl2N2O. The quantitative estimate of drug-likeness (QED) is 0.384. The Kier molecular flexibility index (Phi) is 5.27. The second kappa shape index (κ2) is 7.86. The second-order valence-corrected chi connectivity index (χ2v) is 7.82. The number of fused-ring (bicyclic) bond motifs is 1. The van der Waals surface area contributed by atoms with Crippen molar-refractivity contribution < 1.29 is 4.79 Å². The Hall–Kier alpha value is -2.88. The van der Waals surface area contributed by atoms with Gasteiger partial charge in [-0.1, -0.05) is 65.2 Å². The first kappa shape index (κ1) is 19.4. The van der Waals surface area contributed by atoms with Crippen LogP contribution in [0, 0.1) is 13.8 Å². The molecule has 1 heterocycles. The Bertz CT molecular complexity index is 1240. The van der Waals surface area contributed by atoms with E-state index in [0.29, 0.717) is 21.3 Å². The molecule has 0 saturated carbocycles. The third-order valence-corrected chi connectivity index (χ3v) is 5.30. The van der Waals surface area contributed by atoms with E-state index in [1.807, 2.05) is 56.3 Å². The summed E-state index contributed by atoms with van der Waals surface area (Å²) in [6, 6.07) is 20.7. The fourth-order valence-electron chi connectivity index (χ4n) is 3.41. The molecule has 0 spiro atoms. The Morgan fingerprint density at radius 1 is 0.931 bits per heavy atom. The van der Waals surface area contributed by atoms with Gasteiger partial charge in [0.1, 0.15) is 0 Å². The van der Waals surface area contributed by atoms with Crippen LogP contribution < -0.4 is 5.32 Å². The maximum atomic E-state index is 13.3. The minimum Gasteiger partial charge on any atom is -0.321 e. The zero-order valence-electron chi connectivity index (χ0n) is 16.0. The molecule has 0 fully saturated rings. The van der Waals surface area contributed by atoms with Gasteiger partial charge in [0.25, 0.3) is 5.91 Å². The topological polar surface area (TPSA) is 42.0 Å². The summed E-state index contributed by atoms with van der Waals surface area (Å²) in [4.78, 5) is 18.1. The van der Waals surface area contributed by atoms with Crippen molar-refractivity contribution in [3.63, 3.8) is 0 Å². The number of rotatable bonds is 3. The average molecular weight is 421 g/mol. The number of aromatic nitrogens is 1. The van der Waals surface area contributed by atoms with Gasteiger partial charge in [0.15, 0.2) is 0 Å². The van der Waals surface area contributed by atoms with E-state index < -0.39 is 0 Å². The summed E-state index contributed by atoms with van der Waals surface area (Å²) in [5.41, 5.74) is 5.60. The number of hydrogen-bond acceptors (Lipinski definition) is 2. The first-order valence-electron chi connectivity index (χ1n) is 9.16.